The van der Waals surface area contributed by atoms with Gasteiger partial charge in [0, 0.05) is 18.9 Å². The van der Waals surface area contributed by atoms with Crippen LogP contribution in [0.15, 0.2) is 59.1 Å². The molecule has 0 spiro atoms. The number of fused-ring (bicyclic) bond motifs is 1. The van der Waals surface area contributed by atoms with Gasteiger partial charge in [-0.05, 0) is 23.3 Å². The quantitative estimate of drug-likeness (QED) is 0.729. The van der Waals surface area contributed by atoms with E-state index in [-0.39, 0.29) is 18.2 Å². The minimum absolute atomic E-state index is 0.0362. The number of hydrogen-bond acceptors (Lipinski definition) is 6. The highest BCUT2D eigenvalue weighted by molar-refractivity contribution is 8.03. The fourth-order valence-corrected chi connectivity index (χ4v) is 5.04. The Bertz CT molecular complexity index is 1020. The molecule has 1 fully saturated rings. The molecule has 0 saturated carbocycles. The molecule has 4 rings (SSSR count). The zero-order valence-electron chi connectivity index (χ0n) is 17.0. The van der Waals surface area contributed by atoms with Crippen molar-refractivity contribution in [2.45, 2.75) is 18.9 Å². The van der Waals surface area contributed by atoms with Crippen LogP contribution in [-0.4, -0.2) is 42.5 Å². The highest BCUT2D eigenvalue weighted by atomic mass is 32.2. The molecule has 7 heteroatoms. The Balaban J connectivity index is 1.61. The van der Waals surface area contributed by atoms with E-state index >= 15 is 0 Å². The molecule has 0 bridgehead atoms. The van der Waals surface area contributed by atoms with E-state index in [0.717, 1.165) is 23.0 Å². The van der Waals surface area contributed by atoms with Gasteiger partial charge in [-0.2, -0.15) is 5.26 Å². The van der Waals surface area contributed by atoms with Crippen molar-refractivity contribution in [2.75, 3.05) is 26.8 Å². The number of hydrogen-bond donors (Lipinski definition) is 0. The summed E-state index contributed by atoms with van der Waals surface area (Å²) >= 11 is 1.56. The fourth-order valence-electron chi connectivity index (χ4n) is 3.90. The van der Waals surface area contributed by atoms with E-state index in [9.17, 15) is 10.1 Å². The molecule has 2 aromatic carbocycles. The smallest absolute Gasteiger partial charge is 0.229 e. The van der Waals surface area contributed by atoms with Crippen molar-refractivity contribution < 1.29 is 14.3 Å². The van der Waals surface area contributed by atoms with Gasteiger partial charge in [0.05, 0.1) is 43.4 Å². The van der Waals surface area contributed by atoms with Crippen molar-refractivity contribution in [2.24, 2.45) is 0 Å². The summed E-state index contributed by atoms with van der Waals surface area (Å²) in [5.74, 6) is 1.71. The summed E-state index contributed by atoms with van der Waals surface area (Å²) in [6.07, 6.45) is 0.265. The summed E-state index contributed by atoms with van der Waals surface area (Å²) in [5.41, 5.74) is 2.74. The van der Waals surface area contributed by atoms with Crippen LogP contribution in [0.5, 0.6) is 11.5 Å². The number of nitrogens with zero attached hydrogens (tertiary/aromatic N) is 3. The summed E-state index contributed by atoms with van der Waals surface area (Å²) in [4.78, 5) is 17.0. The number of carbonyl (C=O) groups excluding carboxylic acids is 1. The molecule has 0 aromatic heterocycles. The predicted octanol–water partition coefficient (Wildman–Crippen LogP) is 3.92. The maximum absolute atomic E-state index is 13.0. The lowest BCUT2D eigenvalue weighted by molar-refractivity contribution is -0.131. The third-order valence-corrected chi connectivity index (χ3v) is 6.62. The number of benzene rings is 2. The Morgan fingerprint density at radius 3 is 2.60 bits per heavy atom. The Hall–Kier alpha value is -2.95. The molecule has 0 radical (unpaired) electrons. The third kappa shape index (κ3) is 3.89. The van der Waals surface area contributed by atoms with Crippen LogP contribution in [0.4, 0.5) is 0 Å². The lowest BCUT2D eigenvalue weighted by atomic mass is 9.86. The number of methoxy groups -OCH3 is 2. The fraction of sp³-hybridized carbons (Fsp3) is 0.304. The maximum atomic E-state index is 13.0. The first kappa shape index (κ1) is 20.3. The lowest BCUT2D eigenvalue weighted by Gasteiger charge is -2.41. The molecule has 0 N–H and O–H groups in total. The number of carbonyl (C=O) groups is 1. The molecule has 154 valence electrons. The summed E-state index contributed by atoms with van der Waals surface area (Å²) in [5, 5.41) is 10.7. The molecule has 2 heterocycles. The minimum Gasteiger partial charge on any atom is -0.493 e. The molecule has 1 atom stereocenters. The van der Waals surface area contributed by atoms with Gasteiger partial charge >= 0.3 is 0 Å². The zero-order chi connectivity index (χ0) is 21.1. The number of thioether (sulfide) groups is 1. The molecule has 0 aliphatic carbocycles. The van der Waals surface area contributed by atoms with Gasteiger partial charge in [0.25, 0.3) is 0 Å². The summed E-state index contributed by atoms with van der Waals surface area (Å²) < 4.78 is 10.7. The molecule has 6 nitrogen and oxygen atoms in total. The topological polar surface area (TPSA) is 65.8 Å². The van der Waals surface area contributed by atoms with E-state index < -0.39 is 0 Å². The van der Waals surface area contributed by atoms with Gasteiger partial charge < -0.3 is 9.47 Å². The first-order valence-corrected chi connectivity index (χ1v) is 10.7. The normalized spacial score (nSPS) is 19.3. The average molecular weight is 422 g/mol. The van der Waals surface area contributed by atoms with Crippen molar-refractivity contribution in [1.82, 2.24) is 9.80 Å². The Labute approximate surface area is 180 Å². The number of amides is 1. The summed E-state index contributed by atoms with van der Waals surface area (Å²) in [6, 6.07) is 18.2. The van der Waals surface area contributed by atoms with E-state index in [0.29, 0.717) is 23.7 Å². The largest absolute Gasteiger partial charge is 0.493 e. The van der Waals surface area contributed by atoms with Crippen LogP contribution < -0.4 is 9.47 Å². The molecular formula is C23H23N3O3S. The number of allylic oxidation sites excluding steroid dienone is 1. The van der Waals surface area contributed by atoms with Crippen molar-refractivity contribution in [3.8, 4) is 17.6 Å². The second-order valence-electron chi connectivity index (χ2n) is 7.25. The molecular weight excluding hydrogens is 398 g/mol. The Morgan fingerprint density at radius 2 is 1.90 bits per heavy atom. The van der Waals surface area contributed by atoms with Crippen LogP contribution in [0.1, 0.15) is 23.5 Å². The predicted molar refractivity (Wildman–Crippen MR) is 116 cm³/mol. The van der Waals surface area contributed by atoms with Crippen LogP contribution in [0, 0.1) is 11.3 Å². The van der Waals surface area contributed by atoms with Crippen molar-refractivity contribution in [3.63, 3.8) is 0 Å². The van der Waals surface area contributed by atoms with Crippen LogP contribution in [0.3, 0.4) is 0 Å². The van der Waals surface area contributed by atoms with Gasteiger partial charge in [0.2, 0.25) is 5.91 Å². The summed E-state index contributed by atoms with van der Waals surface area (Å²) in [6.45, 7) is 1.27. The highest BCUT2D eigenvalue weighted by Crippen LogP contribution is 2.44. The first-order chi connectivity index (χ1) is 14.6. The number of ether oxygens (including phenoxy) is 2. The summed E-state index contributed by atoms with van der Waals surface area (Å²) in [7, 11) is 3.17. The molecule has 1 saturated heterocycles. The van der Waals surface area contributed by atoms with Gasteiger partial charge in [-0.15, -0.1) is 0 Å². The van der Waals surface area contributed by atoms with Crippen LogP contribution in [-0.2, 0) is 11.3 Å². The van der Waals surface area contributed by atoms with E-state index in [4.69, 9.17) is 9.47 Å². The molecule has 2 aromatic rings. The standard InChI is InChI=1S/C23H23N3O3S/c1-28-20-9-8-17(10-21(20)29-2)18-11-22(27)26-14-25(13-16-6-4-3-5-7-16)15-30-23(26)19(18)12-24/h3-10,18H,11,13-15H2,1-2H3/t18-/m1/s1. The van der Waals surface area contributed by atoms with E-state index in [1.54, 1.807) is 30.9 Å². The SMILES string of the molecule is COc1ccc([C@H]2CC(=O)N3CN(Cc4ccccc4)CSC3=C2C#N)cc1OC. The minimum atomic E-state index is -0.276. The zero-order valence-corrected chi connectivity index (χ0v) is 17.8. The van der Waals surface area contributed by atoms with Crippen LogP contribution >= 0.6 is 11.8 Å². The van der Waals surface area contributed by atoms with Gasteiger partial charge in [0.1, 0.15) is 0 Å². The van der Waals surface area contributed by atoms with E-state index in [1.165, 1.54) is 5.56 Å². The van der Waals surface area contributed by atoms with Crippen molar-refractivity contribution >= 4 is 17.7 Å². The molecule has 0 unspecified atom stereocenters. The number of nitriles is 1. The highest BCUT2D eigenvalue weighted by Gasteiger charge is 2.38. The van der Waals surface area contributed by atoms with Gasteiger partial charge in [-0.3, -0.25) is 14.6 Å². The maximum Gasteiger partial charge on any atom is 0.229 e. The van der Waals surface area contributed by atoms with Crippen molar-refractivity contribution in [1.29, 1.82) is 5.26 Å². The number of rotatable bonds is 5. The van der Waals surface area contributed by atoms with Crippen LogP contribution in [0.2, 0.25) is 0 Å². The van der Waals surface area contributed by atoms with Crippen LogP contribution in [0.25, 0.3) is 0 Å². The Morgan fingerprint density at radius 1 is 1.13 bits per heavy atom. The second kappa shape index (κ2) is 8.82. The molecule has 30 heavy (non-hydrogen) atoms. The van der Waals surface area contributed by atoms with E-state index in [1.807, 2.05) is 36.4 Å². The monoisotopic (exact) mass is 421 g/mol. The van der Waals surface area contributed by atoms with Gasteiger partial charge in [-0.1, -0.05) is 48.2 Å². The van der Waals surface area contributed by atoms with Gasteiger partial charge in [-0.25, -0.2) is 0 Å². The van der Waals surface area contributed by atoms with E-state index in [2.05, 4.69) is 23.1 Å². The van der Waals surface area contributed by atoms with Gasteiger partial charge in [0.15, 0.2) is 11.5 Å². The second-order valence-corrected chi connectivity index (χ2v) is 8.19. The average Bonchev–Trinajstić information content (AvgIpc) is 2.79. The molecule has 2 aliphatic heterocycles. The molecule has 2 aliphatic rings. The van der Waals surface area contributed by atoms with Crippen molar-refractivity contribution in [3.05, 3.63) is 70.3 Å². The third-order valence-electron chi connectivity index (χ3n) is 5.41. The lowest BCUT2D eigenvalue weighted by Crippen LogP contribution is -2.46. The first-order valence-electron chi connectivity index (χ1n) is 9.70. The molecule has 1 amide bonds. The Kier molecular flexibility index (Phi) is 5.98.